The van der Waals surface area contributed by atoms with Crippen molar-refractivity contribution >= 4 is 23.6 Å². The minimum Gasteiger partial charge on any atom is -0.323 e. The number of hydrogen-bond acceptors (Lipinski definition) is 2. The van der Waals surface area contributed by atoms with Crippen molar-refractivity contribution in [1.29, 1.82) is 0 Å². The lowest BCUT2D eigenvalue weighted by Gasteiger charge is -2.19. The van der Waals surface area contributed by atoms with Crippen LogP contribution in [0.25, 0.3) is 0 Å². The van der Waals surface area contributed by atoms with Crippen molar-refractivity contribution < 1.29 is 4.79 Å². The summed E-state index contributed by atoms with van der Waals surface area (Å²) in [5.74, 6) is 0.336. The molecule has 0 aliphatic heterocycles. The van der Waals surface area contributed by atoms with Gasteiger partial charge in [-0.25, -0.2) is 0 Å². The third kappa shape index (κ3) is 2.58. The topological polar surface area (TPSA) is 29.1 Å². The average Bonchev–Trinajstić information content (AvgIpc) is 2.07. The van der Waals surface area contributed by atoms with E-state index in [0.29, 0.717) is 0 Å². The maximum Gasteiger partial charge on any atom is 0.227 e. The molecule has 11 heavy (non-hydrogen) atoms. The number of rotatable bonds is 2. The highest BCUT2D eigenvalue weighted by Crippen LogP contribution is 2.23. The highest BCUT2D eigenvalue weighted by molar-refractivity contribution is 7.78. The van der Waals surface area contributed by atoms with Crippen molar-refractivity contribution in [2.24, 2.45) is 5.92 Å². The van der Waals surface area contributed by atoms with Crippen LogP contribution in [0.4, 0.5) is 0 Å². The van der Waals surface area contributed by atoms with Gasteiger partial charge >= 0.3 is 0 Å². The molecular weight excluding hydrogens is 158 g/mol. The second-order valence-electron chi connectivity index (χ2n) is 2.96. The smallest absolute Gasteiger partial charge is 0.227 e. The van der Waals surface area contributed by atoms with E-state index in [1.54, 1.807) is 0 Å². The highest BCUT2D eigenvalue weighted by atomic mass is 32.1. The Balaban J connectivity index is 2.32. The number of carbonyl (C=O) groups is 1. The Bertz CT molecular complexity index is 152. The third-order valence-electron chi connectivity index (χ3n) is 2.18. The molecule has 0 aromatic rings. The van der Waals surface area contributed by atoms with Crippen molar-refractivity contribution in [2.45, 2.75) is 32.1 Å². The van der Waals surface area contributed by atoms with E-state index < -0.39 is 0 Å². The summed E-state index contributed by atoms with van der Waals surface area (Å²) >= 11 is 4.54. The van der Waals surface area contributed by atoms with Gasteiger partial charge in [0.2, 0.25) is 5.91 Å². The quantitative estimate of drug-likeness (QED) is 0.640. The molecular formula is C8H13NOS. The lowest BCUT2D eigenvalue weighted by Crippen LogP contribution is -2.30. The first kappa shape index (κ1) is 8.65. The van der Waals surface area contributed by atoms with Gasteiger partial charge in [-0.3, -0.25) is 4.79 Å². The van der Waals surface area contributed by atoms with Crippen molar-refractivity contribution in [2.75, 3.05) is 0 Å². The molecule has 0 aromatic carbocycles. The van der Waals surface area contributed by atoms with E-state index >= 15 is 0 Å². The summed E-state index contributed by atoms with van der Waals surface area (Å²) in [6, 6.07) is 0. The normalized spacial score (nSPS) is 19.3. The Morgan fingerprint density at radius 1 is 1.36 bits per heavy atom. The van der Waals surface area contributed by atoms with Crippen LogP contribution in [-0.4, -0.2) is 11.4 Å². The van der Waals surface area contributed by atoms with E-state index in [4.69, 9.17) is 0 Å². The zero-order chi connectivity index (χ0) is 8.10. The van der Waals surface area contributed by atoms with Crippen LogP contribution in [0.3, 0.4) is 0 Å². The van der Waals surface area contributed by atoms with E-state index in [9.17, 15) is 4.79 Å². The largest absolute Gasteiger partial charge is 0.323 e. The SMILES string of the molecule is O=C(NC=S)C1CCCCC1. The molecule has 0 spiro atoms. The third-order valence-corrected chi connectivity index (χ3v) is 2.29. The fourth-order valence-electron chi connectivity index (χ4n) is 1.54. The van der Waals surface area contributed by atoms with E-state index in [-0.39, 0.29) is 11.8 Å². The number of nitrogens with one attached hydrogen (secondary N) is 1. The molecule has 2 nitrogen and oxygen atoms in total. The van der Waals surface area contributed by atoms with Gasteiger partial charge in [-0.05, 0) is 12.8 Å². The van der Waals surface area contributed by atoms with Crippen molar-refractivity contribution in [1.82, 2.24) is 5.32 Å². The number of thiocarbonyl (C=S) groups is 1. The van der Waals surface area contributed by atoms with Gasteiger partial charge in [0.25, 0.3) is 0 Å². The standard InChI is InChI=1S/C8H13NOS/c10-8(9-6-11)7-4-2-1-3-5-7/h6-7H,1-5H2,(H,9,10,11). The molecule has 1 aliphatic carbocycles. The number of hydrogen-bond donors (Lipinski definition) is 1. The van der Waals surface area contributed by atoms with Gasteiger partial charge in [-0.15, -0.1) is 0 Å². The molecule has 0 saturated heterocycles. The predicted octanol–water partition coefficient (Wildman–Crippen LogP) is 1.64. The fraction of sp³-hybridized carbons (Fsp3) is 0.750. The van der Waals surface area contributed by atoms with Crippen LogP contribution in [0.2, 0.25) is 0 Å². The fourth-order valence-corrected chi connectivity index (χ4v) is 1.66. The Morgan fingerprint density at radius 2 is 2.00 bits per heavy atom. The van der Waals surface area contributed by atoms with Crippen LogP contribution in [0.15, 0.2) is 0 Å². The van der Waals surface area contributed by atoms with Crippen LogP contribution >= 0.6 is 12.2 Å². The average molecular weight is 171 g/mol. The zero-order valence-electron chi connectivity index (χ0n) is 6.51. The van der Waals surface area contributed by atoms with Crippen LogP contribution in [-0.2, 0) is 4.79 Å². The molecule has 0 unspecified atom stereocenters. The second kappa shape index (κ2) is 4.44. The van der Waals surface area contributed by atoms with Crippen LogP contribution in [0, 0.1) is 5.92 Å². The van der Waals surface area contributed by atoms with E-state index in [2.05, 4.69) is 17.5 Å². The van der Waals surface area contributed by atoms with Crippen LogP contribution in [0.5, 0.6) is 0 Å². The maximum atomic E-state index is 11.2. The summed E-state index contributed by atoms with van der Waals surface area (Å²) in [4.78, 5) is 11.2. The first-order chi connectivity index (χ1) is 5.34. The van der Waals surface area contributed by atoms with Crippen molar-refractivity contribution in [3.8, 4) is 0 Å². The molecule has 1 rings (SSSR count). The molecule has 1 aliphatic rings. The molecule has 0 heterocycles. The van der Waals surface area contributed by atoms with Gasteiger partial charge in [0.05, 0.1) is 5.49 Å². The Kier molecular flexibility index (Phi) is 3.49. The first-order valence-corrected chi connectivity index (χ1v) is 4.56. The minimum absolute atomic E-state index is 0.111. The Hall–Kier alpha value is -0.440. The molecule has 0 bridgehead atoms. The minimum atomic E-state index is 0.111. The summed E-state index contributed by atoms with van der Waals surface area (Å²) in [6.45, 7) is 0. The van der Waals surface area contributed by atoms with Gasteiger partial charge < -0.3 is 5.32 Å². The summed E-state index contributed by atoms with van der Waals surface area (Å²) < 4.78 is 0. The van der Waals surface area contributed by atoms with Gasteiger partial charge in [0.15, 0.2) is 0 Å². The van der Waals surface area contributed by atoms with Crippen molar-refractivity contribution in [3.05, 3.63) is 0 Å². The van der Waals surface area contributed by atoms with Gasteiger partial charge in [0.1, 0.15) is 0 Å². The van der Waals surface area contributed by atoms with Crippen LogP contribution in [0.1, 0.15) is 32.1 Å². The summed E-state index contributed by atoms with van der Waals surface area (Å²) in [5, 5.41) is 2.57. The summed E-state index contributed by atoms with van der Waals surface area (Å²) in [5.41, 5.74) is 1.30. The molecule has 1 fully saturated rings. The van der Waals surface area contributed by atoms with Crippen molar-refractivity contribution in [3.63, 3.8) is 0 Å². The number of carbonyl (C=O) groups excluding carboxylic acids is 1. The predicted molar refractivity (Wildman–Crippen MR) is 48.4 cm³/mol. The summed E-state index contributed by atoms with van der Waals surface area (Å²) in [7, 11) is 0. The molecule has 62 valence electrons. The maximum absolute atomic E-state index is 11.2. The van der Waals surface area contributed by atoms with E-state index in [1.165, 1.54) is 24.8 Å². The number of amides is 1. The Labute approximate surface area is 72.4 Å². The molecule has 0 radical (unpaired) electrons. The zero-order valence-corrected chi connectivity index (χ0v) is 7.32. The monoisotopic (exact) mass is 171 g/mol. The molecule has 0 atom stereocenters. The van der Waals surface area contributed by atoms with E-state index in [0.717, 1.165) is 12.8 Å². The lowest BCUT2D eigenvalue weighted by molar-refractivity contribution is -0.124. The van der Waals surface area contributed by atoms with Gasteiger partial charge in [-0.1, -0.05) is 31.5 Å². The molecule has 1 N–H and O–H groups in total. The van der Waals surface area contributed by atoms with E-state index in [1.807, 2.05) is 0 Å². The van der Waals surface area contributed by atoms with Gasteiger partial charge in [0, 0.05) is 5.92 Å². The first-order valence-electron chi connectivity index (χ1n) is 4.08. The molecule has 0 aromatic heterocycles. The Morgan fingerprint density at radius 3 is 2.55 bits per heavy atom. The lowest BCUT2D eigenvalue weighted by atomic mass is 9.89. The van der Waals surface area contributed by atoms with Gasteiger partial charge in [-0.2, -0.15) is 0 Å². The molecule has 1 saturated carbocycles. The second-order valence-corrected chi connectivity index (χ2v) is 3.20. The molecule has 1 amide bonds. The molecule has 3 heteroatoms. The highest BCUT2D eigenvalue weighted by Gasteiger charge is 2.19. The van der Waals surface area contributed by atoms with Crippen LogP contribution < -0.4 is 5.32 Å². The summed E-state index contributed by atoms with van der Waals surface area (Å²) in [6.07, 6.45) is 5.73.